The minimum absolute atomic E-state index is 0.0193. The molecule has 0 aromatic heterocycles. The van der Waals surface area contributed by atoms with Crippen LogP contribution >= 0.6 is 0 Å². The minimum atomic E-state index is -0.720. The lowest BCUT2D eigenvalue weighted by molar-refractivity contribution is -0.140. The lowest BCUT2D eigenvalue weighted by Crippen LogP contribution is -2.29. The maximum Gasteiger partial charge on any atom is 0.186 e. The van der Waals surface area contributed by atoms with Gasteiger partial charge >= 0.3 is 0 Å². The molecule has 2 aliphatic heterocycles. The average molecular weight is 313 g/mol. The highest BCUT2D eigenvalue weighted by atomic mass is 19.1. The molecule has 118 valence electrons. The molecule has 0 spiro atoms. The number of hydrogen-bond acceptors (Lipinski definition) is 4. The molecule has 2 aromatic carbocycles. The number of rotatable bonds is 2. The Morgan fingerprint density at radius 2 is 1.65 bits per heavy atom. The molecule has 2 aromatic rings. The summed E-state index contributed by atoms with van der Waals surface area (Å²) in [5.74, 6) is -0.350. The molecule has 0 N–H and O–H groups in total. The quantitative estimate of drug-likeness (QED) is 0.854. The Labute approximate surface area is 133 Å². The van der Waals surface area contributed by atoms with Crippen molar-refractivity contribution in [2.45, 2.75) is 12.4 Å². The third-order valence-corrected chi connectivity index (χ3v) is 4.15. The number of benzene rings is 2. The Kier molecular flexibility index (Phi) is 3.81. The van der Waals surface area contributed by atoms with Gasteiger partial charge in [0.15, 0.2) is 12.4 Å². The highest BCUT2D eigenvalue weighted by Gasteiger charge is 2.39. The molecule has 4 rings (SSSR count). The van der Waals surface area contributed by atoms with Crippen LogP contribution in [0.25, 0.3) is 0 Å². The van der Waals surface area contributed by atoms with Crippen LogP contribution in [0.5, 0.6) is 0 Å². The third-order valence-electron chi connectivity index (χ3n) is 4.15. The normalized spacial score (nSPS) is 26.8. The minimum Gasteiger partial charge on any atom is -0.389 e. The maximum atomic E-state index is 13.9. The second-order valence-electron chi connectivity index (χ2n) is 5.61. The monoisotopic (exact) mass is 313 g/mol. The Balaban J connectivity index is 1.54. The van der Waals surface area contributed by atoms with Crippen LogP contribution < -0.4 is 0 Å². The molecule has 2 aliphatic rings. The summed E-state index contributed by atoms with van der Waals surface area (Å²) in [4.78, 5) is 5.51. The zero-order valence-corrected chi connectivity index (χ0v) is 12.4. The molecule has 0 bridgehead atoms. The number of oxime groups is 1. The summed E-state index contributed by atoms with van der Waals surface area (Å²) in [7, 11) is 0. The first-order valence-corrected chi connectivity index (χ1v) is 7.59. The van der Waals surface area contributed by atoms with Crippen molar-refractivity contribution >= 4 is 5.71 Å². The van der Waals surface area contributed by atoms with E-state index in [-0.39, 0.29) is 17.8 Å². The number of nitrogens with zero attached hydrogens (tertiary/aromatic N) is 1. The molecule has 0 aliphatic carbocycles. The molecular formula is C18H16FNO3. The van der Waals surface area contributed by atoms with Gasteiger partial charge < -0.3 is 14.3 Å². The van der Waals surface area contributed by atoms with Crippen LogP contribution in [-0.4, -0.2) is 25.0 Å². The first-order valence-electron chi connectivity index (χ1n) is 7.59. The van der Waals surface area contributed by atoms with Crippen molar-refractivity contribution in [3.8, 4) is 0 Å². The molecular weight excluding hydrogens is 297 g/mol. The standard InChI is InChI=1S/C18H16FNO3/c19-15-9-5-4-8-13(15)18-21-10-14-16(11-22-18)23-20-17(14)12-6-2-1-3-7-12/h1-9,14,16,18H,10-11H2/t14-,16+,18+/m1/s1. The third kappa shape index (κ3) is 2.73. The van der Waals surface area contributed by atoms with E-state index in [1.54, 1.807) is 18.2 Å². The van der Waals surface area contributed by atoms with Gasteiger partial charge in [-0.2, -0.15) is 0 Å². The van der Waals surface area contributed by atoms with Crippen LogP contribution in [0.4, 0.5) is 4.39 Å². The van der Waals surface area contributed by atoms with Crippen molar-refractivity contribution in [2.24, 2.45) is 11.1 Å². The Morgan fingerprint density at radius 1 is 0.913 bits per heavy atom. The molecule has 2 heterocycles. The lowest BCUT2D eigenvalue weighted by Gasteiger charge is -2.16. The van der Waals surface area contributed by atoms with Crippen LogP contribution in [0.15, 0.2) is 59.8 Å². The molecule has 0 unspecified atom stereocenters. The van der Waals surface area contributed by atoms with Gasteiger partial charge in [-0.3, -0.25) is 0 Å². The van der Waals surface area contributed by atoms with Gasteiger partial charge in [-0.15, -0.1) is 0 Å². The van der Waals surface area contributed by atoms with Crippen LogP contribution in [0.3, 0.4) is 0 Å². The molecule has 5 heteroatoms. The molecule has 0 radical (unpaired) electrons. The predicted molar refractivity (Wildman–Crippen MR) is 82.4 cm³/mol. The Bertz CT molecular complexity index is 719. The van der Waals surface area contributed by atoms with E-state index >= 15 is 0 Å². The number of halogens is 1. The van der Waals surface area contributed by atoms with Gasteiger partial charge in [-0.25, -0.2) is 4.39 Å². The van der Waals surface area contributed by atoms with Gasteiger partial charge in [0.05, 0.1) is 24.8 Å². The highest BCUT2D eigenvalue weighted by molar-refractivity contribution is 6.03. The first kappa shape index (κ1) is 14.4. The van der Waals surface area contributed by atoms with Gasteiger partial charge in [0.2, 0.25) is 0 Å². The van der Waals surface area contributed by atoms with Crippen molar-refractivity contribution in [1.82, 2.24) is 0 Å². The van der Waals surface area contributed by atoms with Crippen molar-refractivity contribution < 1.29 is 18.7 Å². The summed E-state index contributed by atoms with van der Waals surface area (Å²) in [6, 6.07) is 16.4. The van der Waals surface area contributed by atoms with Gasteiger partial charge in [-0.05, 0) is 11.6 Å². The van der Waals surface area contributed by atoms with E-state index in [0.717, 1.165) is 11.3 Å². The molecule has 3 atom stereocenters. The van der Waals surface area contributed by atoms with E-state index in [0.29, 0.717) is 18.8 Å². The summed E-state index contributed by atoms with van der Waals surface area (Å²) < 4.78 is 25.4. The predicted octanol–water partition coefficient (Wildman–Crippen LogP) is 3.29. The number of ether oxygens (including phenoxy) is 2. The molecule has 23 heavy (non-hydrogen) atoms. The summed E-state index contributed by atoms with van der Waals surface area (Å²) >= 11 is 0. The highest BCUT2D eigenvalue weighted by Crippen LogP contribution is 2.32. The van der Waals surface area contributed by atoms with Gasteiger partial charge in [0.1, 0.15) is 5.82 Å². The summed E-state index contributed by atoms with van der Waals surface area (Å²) in [5, 5.41) is 4.19. The van der Waals surface area contributed by atoms with Crippen LogP contribution in [0.2, 0.25) is 0 Å². The fraction of sp³-hybridized carbons (Fsp3) is 0.278. The maximum absolute atomic E-state index is 13.9. The first-order chi connectivity index (χ1) is 11.3. The van der Waals surface area contributed by atoms with Crippen LogP contribution in [-0.2, 0) is 14.3 Å². The summed E-state index contributed by atoms with van der Waals surface area (Å²) in [5.41, 5.74) is 2.27. The van der Waals surface area contributed by atoms with E-state index in [1.807, 2.05) is 30.3 Å². The van der Waals surface area contributed by atoms with Crippen molar-refractivity contribution in [3.05, 3.63) is 71.5 Å². The Morgan fingerprint density at radius 3 is 2.48 bits per heavy atom. The smallest absolute Gasteiger partial charge is 0.186 e. The SMILES string of the molecule is Fc1ccccc1[C@@H]1OC[C@@H]2ON=C(c3ccccc3)[C@@H]2CO1. The van der Waals surface area contributed by atoms with Gasteiger partial charge in [0.25, 0.3) is 0 Å². The fourth-order valence-corrected chi connectivity index (χ4v) is 2.92. The van der Waals surface area contributed by atoms with Gasteiger partial charge in [0, 0.05) is 5.56 Å². The van der Waals surface area contributed by atoms with E-state index in [9.17, 15) is 4.39 Å². The number of fused-ring (bicyclic) bond motifs is 1. The molecule has 1 saturated heterocycles. The van der Waals surface area contributed by atoms with Crippen LogP contribution in [0, 0.1) is 11.7 Å². The summed E-state index contributed by atoms with van der Waals surface area (Å²) in [6.07, 6.45) is -0.926. The average Bonchev–Trinajstić information content (AvgIpc) is 2.88. The molecule has 0 amide bonds. The summed E-state index contributed by atoms with van der Waals surface area (Å²) in [6.45, 7) is 0.681. The Hall–Kier alpha value is -2.24. The van der Waals surface area contributed by atoms with E-state index in [1.165, 1.54) is 6.07 Å². The van der Waals surface area contributed by atoms with Crippen molar-refractivity contribution in [1.29, 1.82) is 0 Å². The van der Waals surface area contributed by atoms with E-state index < -0.39 is 6.29 Å². The van der Waals surface area contributed by atoms with Gasteiger partial charge in [-0.1, -0.05) is 53.7 Å². The van der Waals surface area contributed by atoms with Crippen LogP contribution in [0.1, 0.15) is 17.4 Å². The second kappa shape index (κ2) is 6.10. The molecule has 4 nitrogen and oxygen atoms in total. The largest absolute Gasteiger partial charge is 0.389 e. The number of hydrogen-bond donors (Lipinski definition) is 0. The fourth-order valence-electron chi connectivity index (χ4n) is 2.92. The van der Waals surface area contributed by atoms with E-state index in [2.05, 4.69) is 5.16 Å². The van der Waals surface area contributed by atoms with E-state index in [4.69, 9.17) is 14.3 Å². The molecule has 0 saturated carbocycles. The topological polar surface area (TPSA) is 40.0 Å². The zero-order valence-electron chi connectivity index (χ0n) is 12.4. The molecule has 1 fully saturated rings. The lowest BCUT2D eigenvalue weighted by atomic mass is 9.93. The van der Waals surface area contributed by atoms with Crippen molar-refractivity contribution in [2.75, 3.05) is 13.2 Å². The zero-order chi connectivity index (χ0) is 15.6. The second-order valence-corrected chi connectivity index (χ2v) is 5.61. The van der Waals surface area contributed by atoms with Crippen molar-refractivity contribution in [3.63, 3.8) is 0 Å².